The first kappa shape index (κ1) is 23.0. The van der Waals surface area contributed by atoms with E-state index in [2.05, 4.69) is 15.2 Å². The summed E-state index contributed by atoms with van der Waals surface area (Å²) in [6.07, 6.45) is 3.67. The number of pyridine rings is 1. The molecule has 0 spiro atoms. The average Bonchev–Trinajstić information content (AvgIpc) is 3.39. The van der Waals surface area contributed by atoms with Crippen LogP contribution in [0.1, 0.15) is 35.7 Å². The number of carbonyl (C=O) groups is 1. The number of carbonyl (C=O) groups excluding carboxylic acids is 1. The number of aromatic nitrogens is 1. The standard InChI is InChI=1S/C25H26N4O5/c1-2-33-20-6-8-21(9-7-20)34-24-15-18(11-12-26-24)17-27-25(30)22-16-19(29(31)32)5-10-23(22)28-13-3-4-14-28/h5-12,15-16H,2-4,13-14,17H2,1H3,(H,27,30). The Hall–Kier alpha value is -4.14. The fraction of sp³-hybridized carbons (Fsp3) is 0.280. The van der Waals surface area contributed by atoms with Crippen molar-refractivity contribution >= 4 is 17.3 Å². The van der Waals surface area contributed by atoms with Gasteiger partial charge in [0.2, 0.25) is 5.88 Å². The number of non-ortho nitro benzene ring substituents is 1. The van der Waals surface area contributed by atoms with Crippen molar-refractivity contribution in [3.05, 3.63) is 82.0 Å². The third kappa shape index (κ3) is 5.61. The van der Waals surface area contributed by atoms with Crippen molar-refractivity contribution in [1.29, 1.82) is 0 Å². The van der Waals surface area contributed by atoms with Gasteiger partial charge >= 0.3 is 0 Å². The smallest absolute Gasteiger partial charge is 0.270 e. The summed E-state index contributed by atoms with van der Waals surface area (Å²) >= 11 is 0. The number of nitro groups is 1. The van der Waals surface area contributed by atoms with E-state index >= 15 is 0 Å². The maximum absolute atomic E-state index is 13.0. The van der Waals surface area contributed by atoms with E-state index in [1.54, 1.807) is 36.5 Å². The maximum Gasteiger partial charge on any atom is 0.270 e. The summed E-state index contributed by atoms with van der Waals surface area (Å²) in [5, 5.41) is 14.1. The highest BCUT2D eigenvalue weighted by Crippen LogP contribution is 2.28. The summed E-state index contributed by atoms with van der Waals surface area (Å²) in [5.41, 5.74) is 1.70. The molecule has 1 aromatic heterocycles. The van der Waals surface area contributed by atoms with Crippen LogP contribution in [-0.2, 0) is 6.54 Å². The number of hydrogen-bond acceptors (Lipinski definition) is 7. The summed E-state index contributed by atoms with van der Waals surface area (Å²) in [4.78, 5) is 30.1. The van der Waals surface area contributed by atoms with Crippen LogP contribution in [0.15, 0.2) is 60.8 Å². The van der Waals surface area contributed by atoms with Crippen molar-refractivity contribution in [3.63, 3.8) is 0 Å². The normalized spacial score (nSPS) is 12.9. The monoisotopic (exact) mass is 462 g/mol. The first-order valence-corrected chi connectivity index (χ1v) is 11.2. The molecule has 0 aliphatic carbocycles. The van der Waals surface area contributed by atoms with Crippen LogP contribution in [0.5, 0.6) is 17.4 Å². The number of benzene rings is 2. The maximum atomic E-state index is 13.0. The van der Waals surface area contributed by atoms with Gasteiger partial charge in [-0.05, 0) is 61.7 Å². The lowest BCUT2D eigenvalue weighted by molar-refractivity contribution is -0.384. The molecule has 0 atom stereocenters. The molecule has 1 aliphatic heterocycles. The number of rotatable bonds is 9. The first-order chi connectivity index (χ1) is 16.5. The van der Waals surface area contributed by atoms with Crippen LogP contribution < -0.4 is 19.7 Å². The first-order valence-electron chi connectivity index (χ1n) is 11.2. The summed E-state index contributed by atoms with van der Waals surface area (Å²) in [6, 6.07) is 15.2. The molecule has 1 fully saturated rings. The Labute approximate surface area is 197 Å². The van der Waals surface area contributed by atoms with Crippen LogP contribution in [0.4, 0.5) is 11.4 Å². The van der Waals surface area contributed by atoms with Gasteiger partial charge in [0.05, 0.1) is 22.8 Å². The highest BCUT2D eigenvalue weighted by molar-refractivity contribution is 6.00. The van der Waals surface area contributed by atoms with Crippen LogP contribution in [0, 0.1) is 10.1 Å². The molecule has 1 aliphatic rings. The second kappa shape index (κ2) is 10.7. The molecule has 3 aromatic rings. The molecule has 176 valence electrons. The van der Waals surface area contributed by atoms with Crippen molar-refractivity contribution in [2.75, 3.05) is 24.6 Å². The molecule has 2 aromatic carbocycles. The van der Waals surface area contributed by atoms with Crippen LogP contribution >= 0.6 is 0 Å². The number of anilines is 1. The lowest BCUT2D eigenvalue weighted by Crippen LogP contribution is -2.27. The van der Waals surface area contributed by atoms with Crippen molar-refractivity contribution in [2.24, 2.45) is 0 Å². The lowest BCUT2D eigenvalue weighted by atomic mass is 10.1. The third-order valence-electron chi connectivity index (χ3n) is 5.49. The van der Waals surface area contributed by atoms with Gasteiger partial charge in [-0.1, -0.05) is 0 Å². The molecule has 9 heteroatoms. The lowest BCUT2D eigenvalue weighted by Gasteiger charge is -2.21. The highest BCUT2D eigenvalue weighted by Gasteiger charge is 2.22. The van der Waals surface area contributed by atoms with E-state index in [0.717, 1.165) is 42.9 Å². The minimum absolute atomic E-state index is 0.108. The Balaban J connectivity index is 1.45. The number of nitrogens with zero attached hydrogens (tertiary/aromatic N) is 3. The summed E-state index contributed by atoms with van der Waals surface area (Å²) in [7, 11) is 0. The van der Waals surface area contributed by atoms with Gasteiger partial charge in [0.1, 0.15) is 11.5 Å². The minimum Gasteiger partial charge on any atom is -0.494 e. The Kier molecular flexibility index (Phi) is 7.22. The minimum atomic E-state index is -0.488. The number of nitrogens with one attached hydrogen (secondary N) is 1. The van der Waals surface area contributed by atoms with Gasteiger partial charge in [0.25, 0.3) is 11.6 Å². The Bertz CT molecular complexity index is 1160. The fourth-order valence-corrected chi connectivity index (χ4v) is 3.84. The van der Waals surface area contributed by atoms with Gasteiger partial charge in [0, 0.05) is 44.0 Å². The number of nitro benzene ring substituents is 1. The van der Waals surface area contributed by atoms with E-state index in [-0.39, 0.29) is 18.1 Å². The summed E-state index contributed by atoms with van der Waals surface area (Å²) in [5.74, 6) is 1.40. The Morgan fingerprint density at radius 3 is 2.53 bits per heavy atom. The summed E-state index contributed by atoms with van der Waals surface area (Å²) in [6.45, 7) is 4.39. The topological polar surface area (TPSA) is 107 Å². The molecule has 0 radical (unpaired) electrons. The predicted octanol–water partition coefficient (Wildman–Crippen LogP) is 4.71. The second-order valence-corrected chi connectivity index (χ2v) is 7.84. The highest BCUT2D eigenvalue weighted by atomic mass is 16.6. The molecule has 4 rings (SSSR count). The van der Waals surface area contributed by atoms with Gasteiger partial charge in [-0.2, -0.15) is 0 Å². The second-order valence-electron chi connectivity index (χ2n) is 7.84. The SMILES string of the molecule is CCOc1ccc(Oc2cc(CNC(=O)c3cc([N+](=O)[O-])ccc3N3CCCC3)ccn2)cc1. The molecule has 1 N–H and O–H groups in total. The summed E-state index contributed by atoms with van der Waals surface area (Å²) < 4.78 is 11.2. The zero-order valence-corrected chi connectivity index (χ0v) is 18.9. The predicted molar refractivity (Wildman–Crippen MR) is 128 cm³/mol. The molecular formula is C25H26N4O5. The third-order valence-corrected chi connectivity index (χ3v) is 5.49. The molecule has 1 saturated heterocycles. The Morgan fingerprint density at radius 2 is 1.82 bits per heavy atom. The van der Waals surface area contributed by atoms with E-state index in [0.29, 0.717) is 23.8 Å². The zero-order chi connectivity index (χ0) is 23.9. The molecule has 0 bridgehead atoms. The molecule has 9 nitrogen and oxygen atoms in total. The average molecular weight is 463 g/mol. The largest absolute Gasteiger partial charge is 0.494 e. The van der Waals surface area contributed by atoms with Gasteiger partial charge in [-0.15, -0.1) is 0 Å². The van der Waals surface area contributed by atoms with E-state index in [1.165, 1.54) is 12.1 Å². The van der Waals surface area contributed by atoms with Crippen LogP contribution in [0.25, 0.3) is 0 Å². The van der Waals surface area contributed by atoms with Crippen LogP contribution in [0.2, 0.25) is 0 Å². The van der Waals surface area contributed by atoms with Crippen molar-refractivity contribution < 1.29 is 19.2 Å². The van der Waals surface area contributed by atoms with Crippen molar-refractivity contribution in [1.82, 2.24) is 10.3 Å². The fourth-order valence-electron chi connectivity index (χ4n) is 3.84. The van der Waals surface area contributed by atoms with E-state index in [9.17, 15) is 14.9 Å². The van der Waals surface area contributed by atoms with Gasteiger partial charge in [-0.3, -0.25) is 14.9 Å². The Morgan fingerprint density at radius 1 is 1.09 bits per heavy atom. The van der Waals surface area contributed by atoms with Gasteiger partial charge < -0.3 is 19.7 Å². The van der Waals surface area contributed by atoms with Crippen LogP contribution in [-0.4, -0.2) is 35.5 Å². The van der Waals surface area contributed by atoms with Crippen molar-refractivity contribution in [2.45, 2.75) is 26.3 Å². The number of amides is 1. The van der Waals surface area contributed by atoms with Gasteiger partial charge in [0.15, 0.2) is 0 Å². The van der Waals surface area contributed by atoms with Gasteiger partial charge in [-0.25, -0.2) is 4.98 Å². The molecule has 34 heavy (non-hydrogen) atoms. The van der Waals surface area contributed by atoms with E-state index in [1.807, 2.05) is 19.1 Å². The van der Waals surface area contributed by atoms with E-state index < -0.39 is 4.92 Å². The van der Waals surface area contributed by atoms with E-state index in [4.69, 9.17) is 9.47 Å². The zero-order valence-electron chi connectivity index (χ0n) is 18.9. The molecule has 0 unspecified atom stereocenters. The van der Waals surface area contributed by atoms with Crippen molar-refractivity contribution in [3.8, 4) is 17.4 Å². The number of hydrogen-bond donors (Lipinski definition) is 1. The molecule has 1 amide bonds. The molecule has 0 saturated carbocycles. The molecular weight excluding hydrogens is 436 g/mol. The molecule has 2 heterocycles. The van der Waals surface area contributed by atoms with Crippen LogP contribution in [0.3, 0.4) is 0 Å². The quantitative estimate of drug-likeness (QED) is 0.362. The number of ether oxygens (including phenoxy) is 2.